The molecule has 0 radical (unpaired) electrons. The zero-order valence-electron chi connectivity index (χ0n) is 11.9. The molecule has 2 N–H and O–H groups in total. The van der Waals surface area contributed by atoms with Crippen molar-refractivity contribution in [2.75, 3.05) is 12.9 Å². The molecule has 5 heteroatoms. The summed E-state index contributed by atoms with van der Waals surface area (Å²) >= 11 is 1.26. The van der Waals surface area contributed by atoms with Crippen LogP contribution in [0.25, 0.3) is 0 Å². The predicted octanol–water partition coefficient (Wildman–Crippen LogP) is 4.07. The van der Waals surface area contributed by atoms with Crippen molar-refractivity contribution in [2.24, 2.45) is 5.73 Å². The summed E-state index contributed by atoms with van der Waals surface area (Å²) < 4.78 is 31.8. The first-order valence-corrected chi connectivity index (χ1v) is 7.48. The highest BCUT2D eigenvalue weighted by Crippen LogP contribution is 2.30. The van der Waals surface area contributed by atoms with Crippen LogP contribution in [0.4, 0.5) is 8.78 Å². The molecule has 0 aromatic heterocycles. The monoisotopic (exact) mass is 309 g/mol. The maximum atomic E-state index is 13.6. The summed E-state index contributed by atoms with van der Waals surface area (Å²) in [5.41, 5.74) is 8.14. The molecule has 0 saturated carbocycles. The quantitative estimate of drug-likeness (QED) is 0.846. The summed E-state index contributed by atoms with van der Waals surface area (Å²) in [4.78, 5) is 0.387. The van der Waals surface area contributed by atoms with Crippen molar-refractivity contribution in [1.29, 1.82) is 0 Å². The van der Waals surface area contributed by atoms with Gasteiger partial charge >= 0.3 is 0 Å². The molecule has 21 heavy (non-hydrogen) atoms. The van der Waals surface area contributed by atoms with Crippen molar-refractivity contribution in [3.8, 4) is 5.75 Å². The lowest BCUT2D eigenvalue weighted by Gasteiger charge is -2.16. The maximum absolute atomic E-state index is 13.6. The average Bonchev–Trinajstić information content (AvgIpc) is 2.46. The number of hydrogen-bond acceptors (Lipinski definition) is 3. The Morgan fingerprint density at radius 1 is 1.19 bits per heavy atom. The summed E-state index contributed by atoms with van der Waals surface area (Å²) in [7, 11) is 1.59. The number of methoxy groups -OCH3 is 1. The number of benzene rings is 2. The van der Waals surface area contributed by atoms with Crippen molar-refractivity contribution >= 4 is 11.8 Å². The van der Waals surface area contributed by atoms with Gasteiger partial charge < -0.3 is 10.5 Å². The van der Waals surface area contributed by atoms with Crippen molar-refractivity contribution in [3.05, 3.63) is 59.2 Å². The number of rotatable bonds is 5. The van der Waals surface area contributed by atoms with Crippen LogP contribution in [0.1, 0.15) is 17.2 Å². The molecule has 0 aliphatic rings. The van der Waals surface area contributed by atoms with Crippen molar-refractivity contribution in [2.45, 2.75) is 17.9 Å². The molecule has 0 aliphatic heterocycles. The summed E-state index contributed by atoms with van der Waals surface area (Å²) in [6.07, 6.45) is 0. The molecule has 0 bridgehead atoms. The Morgan fingerprint density at radius 2 is 1.95 bits per heavy atom. The third-order valence-electron chi connectivity index (χ3n) is 3.10. The SMILES string of the molecule is COc1ccc(C)cc1C(N)CSc1ccc(F)cc1F. The lowest BCUT2D eigenvalue weighted by molar-refractivity contribution is 0.407. The highest BCUT2D eigenvalue weighted by Gasteiger charge is 2.14. The van der Waals surface area contributed by atoms with Gasteiger partial charge in [-0.05, 0) is 25.1 Å². The van der Waals surface area contributed by atoms with E-state index in [4.69, 9.17) is 10.5 Å². The average molecular weight is 309 g/mol. The molecule has 2 rings (SSSR count). The van der Waals surface area contributed by atoms with Gasteiger partial charge in [-0.1, -0.05) is 17.7 Å². The van der Waals surface area contributed by atoms with E-state index < -0.39 is 11.6 Å². The molecule has 2 nitrogen and oxygen atoms in total. The zero-order valence-corrected chi connectivity index (χ0v) is 12.7. The Kier molecular flexibility index (Phi) is 5.20. The van der Waals surface area contributed by atoms with E-state index in [1.165, 1.54) is 23.9 Å². The van der Waals surface area contributed by atoms with Crippen LogP contribution in [-0.4, -0.2) is 12.9 Å². The van der Waals surface area contributed by atoms with E-state index in [0.717, 1.165) is 17.2 Å². The van der Waals surface area contributed by atoms with Gasteiger partial charge in [0.05, 0.1) is 7.11 Å². The molecule has 1 atom stereocenters. The van der Waals surface area contributed by atoms with E-state index >= 15 is 0 Å². The zero-order chi connectivity index (χ0) is 15.4. The second kappa shape index (κ2) is 6.91. The fourth-order valence-electron chi connectivity index (χ4n) is 2.01. The van der Waals surface area contributed by atoms with E-state index in [0.29, 0.717) is 16.4 Å². The molecule has 0 aliphatic carbocycles. The standard InChI is InChI=1S/C16H17F2NOS/c1-10-3-5-15(20-2)12(7-10)14(19)9-21-16-6-4-11(17)8-13(16)18/h3-8,14H,9,19H2,1-2H3. The van der Waals surface area contributed by atoms with Gasteiger partial charge in [0.1, 0.15) is 17.4 Å². The number of thioether (sulfide) groups is 1. The molecule has 112 valence electrons. The molecule has 0 fully saturated rings. The molecule has 2 aromatic carbocycles. The number of nitrogens with two attached hydrogens (primary N) is 1. The highest BCUT2D eigenvalue weighted by molar-refractivity contribution is 7.99. The van der Waals surface area contributed by atoms with Gasteiger partial charge in [-0.25, -0.2) is 8.78 Å². The number of hydrogen-bond donors (Lipinski definition) is 1. The molecular formula is C16H17F2NOS. The highest BCUT2D eigenvalue weighted by atomic mass is 32.2. The Bertz CT molecular complexity index is 634. The predicted molar refractivity (Wildman–Crippen MR) is 81.7 cm³/mol. The van der Waals surface area contributed by atoms with Gasteiger partial charge in [-0.15, -0.1) is 11.8 Å². The van der Waals surface area contributed by atoms with E-state index in [1.54, 1.807) is 7.11 Å². The molecule has 0 spiro atoms. The third kappa shape index (κ3) is 3.95. The van der Waals surface area contributed by atoms with Crippen LogP contribution in [-0.2, 0) is 0 Å². The first-order valence-electron chi connectivity index (χ1n) is 6.49. The molecule has 0 amide bonds. The first kappa shape index (κ1) is 15.8. The van der Waals surface area contributed by atoms with Crippen LogP contribution < -0.4 is 10.5 Å². The lowest BCUT2D eigenvalue weighted by atomic mass is 10.1. The Balaban J connectivity index is 2.11. The summed E-state index contributed by atoms with van der Waals surface area (Å²) in [5.74, 6) is 0.0423. The Morgan fingerprint density at radius 3 is 2.62 bits per heavy atom. The number of ether oxygens (including phenoxy) is 1. The van der Waals surface area contributed by atoms with Crippen LogP contribution in [0.5, 0.6) is 5.75 Å². The van der Waals surface area contributed by atoms with Gasteiger partial charge in [0.25, 0.3) is 0 Å². The van der Waals surface area contributed by atoms with Crippen molar-refractivity contribution in [3.63, 3.8) is 0 Å². The summed E-state index contributed by atoms with van der Waals surface area (Å²) in [6.45, 7) is 1.97. The summed E-state index contributed by atoms with van der Waals surface area (Å²) in [6, 6.07) is 9.02. The van der Waals surface area contributed by atoms with Crippen LogP contribution in [0.2, 0.25) is 0 Å². The Hall–Kier alpha value is -1.59. The molecule has 0 heterocycles. The minimum absolute atomic E-state index is 0.297. The van der Waals surface area contributed by atoms with Crippen molar-refractivity contribution < 1.29 is 13.5 Å². The second-order valence-electron chi connectivity index (χ2n) is 4.74. The maximum Gasteiger partial charge on any atom is 0.139 e. The van der Waals surface area contributed by atoms with Gasteiger partial charge in [0, 0.05) is 28.3 Å². The first-order chi connectivity index (χ1) is 10.0. The second-order valence-corrected chi connectivity index (χ2v) is 5.80. The van der Waals surface area contributed by atoms with Crippen LogP contribution in [0.15, 0.2) is 41.3 Å². The smallest absolute Gasteiger partial charge is 0.139 e. The molecule has 0 saturated heterocycles. The molecule has 2 aromatic rings. The van der Waals surface area contributed by atoms with Crippen LogP contribution in [0.3, 0.4) is 0 Å². The number of halogens is 2. The largest absolute Gasteiger partial charge is 0.496 e. The van der Waals surface area contributed by atoms with E-state index in [2.05, 4.69) is 0 Å². The fourth-order valence-corrected chi connectivity index (χ4v) is 2.90. The van der Waals surface area contributed by atoms with Crippen LogP contribution >= 0.6 is 11.8 Å². The normalized spacial score (nSPS) is 12.2. The van der Waals surface area contributed by atoms with Crippen molar-refractivity contribution in [1.82, 2.24) is 0 Å². The third-order valence-corrected chi connectivity index (χ3v) is 4.26. The summed E-state index contributed by atoms with van der Waals surface area (Å²) in [5, 5.41) is 0. The molecule has 1 unspecified atom stereocenters. The van der Waals surface area contributed by atoms with E-state index in [9.17, 15) is 8.78 Å². The Labute approximate surface area is 127 Å². The number of aryl methyl sites for hydroxylation is 1. The fraction of sp³-hybridized carbons (Fsp3) is 0.250. The topological polar surface area (TPSA) is 35.2 Å². The van der Waals surface area contributed by atoms with Gasteiger partial charge in [0.15, 0.2) is 0 Å². The van der Waals surface area contributed by atoms with E-state index in [1.807, 2.05) is 25.1 Å². The van der Waals surface area contributed by atoms with E-state index in [-0.39, 0.29) is 6.04 Å². The van der Waals surface area contributed by atoms with Crippen LogP contribution in [0, 0.1) is 18.6 Å². The van der Waals surface area contributed by atoms with Gasteiger partial charge in [0.2, 0.25) is 0 Å². The minimum Gasteiger partial charge on any atom is -0.496 e. The van der Waals surface area contributed by atoms with Gasteiger partial charge in [-0.3, -0.25) is 0 Å². The van der Waals surface area contributed by atoms with Gasteiger partial charge in [-0.2, -0.15) is 0 Å². The minimum atomic E-state index is -0.582. The lowest BCUT2D eigenvalue weighted by Crippen LogP contribution is -2.14. The molecular weight excluding hydrogens is 292 g/mol.